The van der Waals surface area contributed by atoms with Crippen LogP contribution in [-0.4, -0.2) is 48.0 Å². The number of nitrogens with zero attached hydrogens (tertiary/aromatic N) is 2. The van der Waals surface area contributed by atoms with Crippen molar-refractivity contribution in [2.75, 3.05) is 31.7 Å². The monoisotopic (exact) mass is 305 g/mol. The fraction of sp³-hybridized carbons (Fsp3) is 0.733. The normalized spacial score (nSPS) is 32.4. The van der Waals surface area contributed by atoms with Crippen LogP contribution in [0.5, 0.6) is 0 Å². The number of rotatable bonds is 2. The molecule has 2 saturated heterocycles. The van der Waals surface area contributed by atoms with E-state index in [1.165, 1.54) is 0 Å². The fourth-order valence-electron chi connectivity index (χ4n) is 3.77. The van der Waals surface area contributed by atoms with Crippen molar-refractivity contribution < 1.29 is 9.53 Å². The number of hydrogen-bond acceptors (Lipinski definition) is 5. The molecular weight excluding hydrogens is 282 g/mol. The van der Waals surface area contributed by atoms with Gasteiger partial charge in [-0.2, -0.15) is 0 Å². The molecule has 3 N–H and O–H groups in total. The van der Waals surface area contributed by atoms with Crippen LogP contribution in [0, 0.1) is 11.8 Å². The van der Waals surface area contributed by atoms with Gasteiger partial charge in [0.05, 0.1) is 6.20 Å². The van der Waals surface area contributed by atoms with E-state index in [2.05, 4.69) is 28.0 Å². The van der Waals surface area contributed by atoms with E-state index in [4.69, 9.17) is 4.74 Å². The Balaban J connectivity index is 1.61. The predicted molar refractivity (Wildman–Crippen MR) is 81.2 cm³/mol. The largest absolute Gasteiger partial charge is 0.381 e. The topological polar surface area (TPSA) is 80.2 Å². The minimum absolute atomic E-state index is 0.0336. The second-order valence-electron chi connectivity index (χ2n) is 6.60. The van der Waals surface area contributed by atoms with Crippen LogP contribution in [-0.2, 0) is 4.74 Å². The lowest BCUT2D eigenvalue weighted by Gasteiger charge is -2.35. The third kappa shape index (κ3) is 2.28. The second kappa shape index (κ2) is 5.55. The first-order chi connectivity index (χ1) is 10.7. The third-order valence-corrected chi connectivity index (χ3v) is 5.17. The van der Waals surface area contributed by atoms with Crippen molar-refractivity contribution in [2.24, 2.45) is 11.8 Å². The van der Waals surface area contributed by atoms with Gasteiger partial charge in [0, 0.05) is 31.6 Å². The number of carbonyl (C=O) groups excluding carboxylic acids is 1. The average Bonchev–Trinajstić information content (AvgIpc) is 3.14. The molecule has 1 aromatic heterocycles. The molecule has 3 unspecified atom stereocenters. The smallest absolute Gasteiger partial charge is 0.273 e. The van der Waals surface area contributed by atoms with Gasteiger partial charge in [-0.15, -0.1) is 0 Å². The number of fused-ring (bicyclic) bond motifs is 1. The molecule has 3 atom stereocenters. The molecular formula is C15H23N5O2. The van der Waals surface area contributed by atoms with E-state index in [1.54, 1.807) is 6.20 Å². The maximum Gasteiger partial charge on any atom is 0.273 e. The predicted octanol–water partition coefficient (Wildman–Crippen LogP) is 0.246. The number of imidazole rings is 1. The van der Waals surface area contributed by atoms with Gasteiger partial charge in [0.15, 0.2) is 0 Å². The van der Waals surface area contributed by atoms with Gasteiger partial charge in [-0.1, -0.05) is 6.92 Å². The van der Waals surface area contributed by atoms with Gasteiger partial charge >= 0.3 is 0 Å². The molecule has 7 heteroatoms. The van der Waals surface area contributed by atoms with Crippen molar-refractivity contribution in [3.05, 3.63) is 17.7 Å². The first-order valence-electron chi connectivity index (χ1n) is 8.17. The molecule has 0 aliphatic carbocycles. The van der Waals surface area contributed by atoms with Crippen molar-refractivity contribution in [3.8, 4) is 0 Å². The van der Waals surface area contributed by atoms with Crippen LogP contribution in [0.25, 0.3) is 0 Å². The highest BCUT2D eigenvalue weighted by Gasteiger charge is 2.37. The first-order valence-corrected chi connectivity index (χ1v) is 8.17. The Hall–Kier alpha value is -1.60. The summed E-state index contributed by atoms with van der Waals surface area (Å²) in [5.74, 6) is 2.22. The minimum Gasteiger partial charge on any atom is -0.381 e. The van der Waals surface area contributed by atoms with E-state index in [1.807, 2.05) is 4.68 Å². The standard InChI is InChI=1S/C15H23N5O2/c1-9-6-16-7-11(9)13-18-15(21)12-8-17-14(20(12)19-13)10-2-4-22-5-3-10/h8-11,13,16,19H,2-7H2,1H3,(H,18,21). The van der Waals surface area contributed by atoms with Crippen LogP contribution in [0.1, 0.15) is 42.0 Å². The number of nitrogens with one attached hydrogen (secondary N) is 3. The molecule has 120 valence electrons. The van der Waals surface area contributed by atoms with Crippen LogP contribution >= 0.6 is 0 Å². The Morgan fingerprint density at radius 2 is 2.14 bits per heavy atom. The number of hydrogen-bond donors (Lipinski definition) is 3. The van der Waals surface area contributed by atoms with Crippen molar-refractivity contribution in [3.63, 3.8) is 0 Å². The quantitative estimate of drug-likeness (QED) is 0.730. The summed E-state index contributed by atoms with van der Waals surface area (Å²) < 4.78 is 7.36. The van der Waals surface area contributed by atoms with Gasteiger partial charge in [-0.3, -0.25) is 4.79 Å². The van der Waals surface area contributed by atoms with Crippen molar-refractivity contribution in [1.29, 1.82) is 0 Å². The Bertz CT molecular complexity index is 566. The average molecular weight is 305 g/mol. The molecule has 0 saturated carbocycles. The molecule has 1 amide bonds. The first kappa shape index (κ1) is 14.0. The zero-order chi connectivity index (χ0) is 15.1. The second-order valence-corrected chi connectivity index (χ2v) is 6.60. The van der Waals surface area contributed by atoms with Gasteiger partial charge < -0.3 is 20.8 Å². The molecule has 2 fully saturated rings. The lowest BCUT2D eigenvalue weighted by atomic mass is 9.94. The lowest BCUT2D eigenvalue weighted by molar-refractivity contribution is 0.0819. The van der Waals surface area contributed by atoms with Crippen molar-refractivity contribution in [1.82, 2.24) is 20.3 Å². The highest BCUT2D eigenvalue weighted by molar-refractivity contribution is 5.93. The fourth-order valence-corrected chi connectivity index (χ4v) is 3.77. The van der Waals surface area contributed by atoms with E-state index in [0.717, 1.165) is 45.0 Å². The van der Waals surface area contributed by atoms with Crippen LogP contribution in [0.3, 0.4) is 0 Å². The Morgan fingerprint density at radius 1 is 1.32 bits per heavy atom. The summed E-state index contributed by atoms with van der Waals surface area (Å²) in [7, 11) is 0. The molecule has 4 heterocycles. The van der Waals surface area contributed by atoms with Gasteiger partial charge in [-0.05, 0) is 25.3 Å². The van der Waals surface area contributed by atoms with E-state index in [9.17, 15) is 4.79 Å². The summed E-state index contributed by atoms with van der Waals surface area (Å²) in [5.41, 5.74) is 4.09. The summed E-state index contributed by atoms with van der Waals surface area (Å²) in [4.78, 5) is 16.9. The summed E-state index contributed by atoms with van der Waals surface area (Å²) in [6.45, 7) is 5.69. The van der Waals surface area contributed by atoms with E-state index in [0.29, 0.717) is 23.4 Å². The molecule has 0 bridgehead atoms. The molecule has 1 aromatic rings. The van der Waals surface area contributed by atoms with Gasteiger partial charge in [0.1, 0.15) is 17.7 Å². The molecule has 0 aromatic carbocycles. The maximum atomic E-state index is 12.4. The van der Waals surface area contributed by atoms with Crippen LogP contribution in [0.4, 0.5) is 0 Å². The zero-order valence-corrected chi connectivity index (χ0v) is 12.8. The number of amides is 1. The summed E-state index contributed by atoms with van der Waals surface area (Å²) in [5, 5.41) is 6.48. The molecule has 0 spiro atoms. The molecule has 3 aliphatic rings. The SMILES string of the molecule is CC1CNCC1C1NC(=O)c2cnc(C3CCOCC3)n2N1. The van der Waals surface area contributed by atoms with Gasteiger partial charge in [0.25, 0.3) is 5.91 Å². The van der Waals surface area contributed by atoms with E-state index >= 15 is 0 Å². The summed E-state index contributed by atoms with van der Waals surface area (Å²) in [6.07, 6.45) is 3.56. The van der Waals surface area contributed by atoms with Crippen LogP contribution in [0.15, 0.2) is 6.20 Å². The van der Waals surface area contributed by atoms with Crippen molar-refractivity contribution in [2.45, 2.75) is 31.8 Å². The third-order valence-electron chi connectivity index (χ3n) is 5.17. The molecule has 4 rings (SSSR count). The number of carbonyl (C=O) groups is 1. The van der Waals surface area contributed by atoms with E-state index in [-0.39, 0.29) is 12.1 Å². The zero-order valence-electron chi connectivity index (χ0n) is 12.8. The molecule has 3 aliphatic heterocycles. The molecule has 22 heavy (non-hydrogen) atoms. The summed E-state index contributed by atoms with van der Waals surface area (Å²) >= 11 is 0. The highest BCUT2D eigenvalue weighted by Crippen LogP contribution is 2.28. The van der Waals surface area contributed by atoms with E-state index < -0.39 is 0 Å². The molecule has 0 radical (unpaired) electrons. The Kier molecular flexibility index (Phi) is 3.54. The number of aromatic nitrogens is 2. The van der Waals surface area contributed by atoms with Crippen molar-refractivity contribution >= 4 is 5.91 Å². The lowest BCUT2D eigenvalue weighted by Crippen LogP contribution is -2.55. The minimum atomic E-state index is -0.0437. The van der Waals surface area contributed by atoms with Gasteiger partial charge in [-0.25, -0.2) is 9.66 Å². The molecule has 7 nitrogen and oxygen atoms in total. The van der Waals surface area contributed by atoms with Crippen LogP contribution in [0.2, 0.25) is 0 Å². The maximum absolute atomic E-state index is 12.4. The Labute approximate surface area is 129 Å². The summed E-state index contributed by atoms with van der Waals surface area (Å²) in [6, 6.07) is 0. The van der Waals surface area contributed by atoms with Gasteiger partial charge in [0.2, 0.25) is 0 Å². The Morgan fingerprint density at radius 3 is 2.86 bits per heavy atom. The highest BCUT2D eigenvalue weighted by atomic mass is 16.5. The number of ether oxygens (including phenoxy) is 1. The van der Waals surface area contributed by atoms with Crippen LogP contribution < -0.4 is 16.1 Å².